The molecule has 4 heteroatoms. The molecular weight excluding hydrogens is 226 g/mol. The first kappa shape index (κ1) is 13.0. The van der Waals surface area contributed by atoms with Crippen LogP contribution in [0.5, 0.6) is 0 Å². The van der Waals surface area contributed by atoms with E-state index in [0.29, 0.717) is 5.02 Å². The van der Waals surface area contributed by atoms with Gasteiger partial charge in [0.25, 0.3) is 0 Å². The van der Waals surface area contributed by atoms with Gasteiger partial charge in [0, 0.05) is 16.5 Å². The van der Waals surface area contributed by atoms with Crippen LogP contribution in [0.4, 0.5) is 0 Å². The fraction of sp³-hybridized carbons (Fsp3) is 0.417. The van der Waals surface area contributed by atoms with E-state index in [1.165, 1.54) is 0 Å². The van der Waals surface area contributed by atoms with Gasteiger partial charge in [0.05, 0.1) is 6.42 Å². The number of benzene rings is 1. The van der Waals surface area contributed by atoms with Crippen LogP contribution in [0.3, 0.4) is 0 Å². The van der Waals surface area contributed by atoms with Crippen molar-refractivity contribution in [1.82, 2.24) is 0 Å². The van der Waals surface area contributed by atoms with Crippen molar-refractivity contribution in [3.63, 3.8) is 0 Å². The maximum Gasteiger partial charge on any atom is 0.304 e. The van der Waals surface area contributed by atoms with Crippen LogP contribution in [0.25, 0.3) is 0 Å². The van der Waals surface area contributed by atoms with E-state index >= 15 is 0 Å². The summed E-state index contributed by atoms with van der Waals surface area (Å²) in [5, 5.41) is 9.46. The zero-order valence-electron chi connectivity index (χ0n) is 9.40. The first-order chi connectivity index (χ1) is 7.32. The largest absolute Gasteiger partial charge is 0.481 e. The maximum atomic E-state index is 10.8. The molecule has 0 spiro atoms. The third kappa shape index (κ3) is 3.22. The van der Waals surface area contributed by atoms with E-state index in [-0.39, 0.29) is 12.3 Å². The maximum absolute atomic E-state index is 10.8. The van der Waals surface area contributed by atoms with E-state index in [9.17, 15) is 4.79 Å². The highest BCUT2D eigenvalue weighted by atomic mass is 35.5. The second kappa shape index (κ2) is 4.85. The summed E-state index contributed by atoms with van der Waals surface area (Å²) in [6.07, 6.45) is -0.0206. The molecule has 3 nitrogen and oxygen atoms in total. The normalized spacial score (nSPS) is 13.5. The molecule has 0 bridgehead atoms. The van der Waals surface area contributed by atoms with Crippen LogP contribution >= 0.6 is 11.6 Å². The van der Waals surface area contributed by atoms with Crippen LogP contribution in [0, 0.1) is 0 Å². The Labute approximate surface area is 100 Å². The summed E-state index contributed by atoms with van der Waals surface area (Å²) in [6, 6.07) is 7.22. The fourth-order valence-electron chi connectivity index (χ4n) is 1.71. The van der Waals surface area contributed by atoms with Gasteiger partial charge in [-0.15, -0.1) is 0 Å². The predicted octanol–water partition coefficient (Wildman–Crippen LogP) is 2.64. The van der Waals surface area contributed by atoms with Crippen LogP contribution in [0.1, 0.15) is 31.7 Å². The van der Waals surface area contributed by atoms with Gasteiger partial charge < -0.3 is 10.8 Å². The molecule has 88 valence electrons. The van der Waals surface area contributed by atoms with Crippen LogP contribution in [-0.4, -0.2) is 16.6 Å². The van der Waals surface area contributed by atoms with Gasteiger partial charge in [0.2, 0.25) is 0 Å². The predicted molar refractivity (Wildman–Crippen MR) is 64.7 cm³/mol. The van der Waals surface area contributed by atoms with Crippen molar-refractivity contribution in [3.05, 3.63) is 34.9 Å². The summed E-state index contributed by atoms with van der Waals surface area (Å²) in [4.78, 5) is 10.8. The number of rotatable bonds is 4. The van der Waals surface area contributed by atoms with Crippen LogP contribution in [0.2, 0.25) is 5.02 Å². The van der Waals surface area contributed by atoms with Gasteiger partial charge in [-0.25, -0.2) is 0 Å². The SMILES string of the molecule is CC(C)(N)C(CC(=O)O)c1ccccc1Cl. The van der Waals surface area contributed by atoms with Crippen molar-refractivity contribution in [2.24, 2.45) is 5.73 Å². The topological polar surface area (TPSA) is 63.3 Å². The fourth-order valence-corrected chi connectivity index (χ4v) is 1.97. The number of carboxylic acids is 1. The van der Waals surface area contributed by atoms with E-state index in [2.05, 4.69) is 0 Å². The zero-order valence-corrected chi connectivity index (χ0v) is 10.2. The molecule has 1 aromatic rings. The number of carbonyl (C=O) groups is 1. The summed E-state index contributed by atoms with van der Waals surface area (Å²) in [5.74, 6) is -1.16. The van der Waals surface area contributed by atoms with Crippen molar-refractivity contribution >= 4 is 17.6 Å². The Balaban J connectivity index is 3.12. The number of hydrogen-bond donors (Lipinski definition) is 2. The number of nitrogens with two attached hydrogens (primary N) is 1. The molecule has 0 aliphatic rings. The lowest BCUT2D eigenvalue weighted by Gasteiger charge is -2.30. The second-order valence-corrected chi connectivity index (χ2v) is 4.90. The Morgan fingerprint density at radius 3 is 2.50 bits per heavy atom. The molecule has 1 unspecified atom stereocenters. The summed E-state index contributed by atoms with van der Waals surface area (Å²) in [6.45, 7) is 3.62. The zero-order chi connectivity index (χ0) is 12.3. The number of halogens is 1. The van der Waals surface area contributed by atoms with E-state index in [1.807, 2.05) is 32.0 Å². The second-order valence-electron chi connectivity index (χ2n) is 4.49. The molecule has 16 heavy (non-hydrogen) atoms. The lowest BCUT2D eigenvalue weighted by molar-refractivity contribution is -0.137. The molecule has 0 aliphatic carbocycles. The standard InChI is InChI=1S/C12H16ClNO2/c1-12(2,14)9(7-11(15)16)8-5-3-4-6-10(8)13/h3-6,9H,7,14H2,1-2H3,(H,15,16). The smallest absolute Gasteiger partial charge is 0.304 e. The van der Waals surface area contributed by atoms with E-state index in [0.717, 1.165) is 5.56 Å². The molecular formula is C12H16ClNO2. The molecule has 0 aliphatic heterocycles. The molecule has 0 saturated heterocycles. The molecule has 1 aromatic carbocycles. The quantitative estimate of drug-likeness (QED) is 0.852. The van der Waals surface area contributed by atoms with Crippen LogP contribution < -0.4 is 5.73 Å². The van der Waals surface area contributed by atoms with E-state index in [4.69, 9.17) is 22.4 Å². The van der Waals surface area contributed by atoms with Gasteiger partial charge in [0.15, 0.2) is 0 Å². The first-order valence-corrected chi connectivity index (χ1v) is 5.45. The molecule has 0 amide bonds. The molecule has 0 fully saturated rings. The van der Waals surface area contributed by atoms with Gasteiger partial charge in [-0.3, -0.25) is 4.79 Å². The van der Waals surface area contributed by atoms with Crippen LogP contribution in [0.15, 0.2) is 24.3 Å². The highest BCUT2D eigenvalue weighted by molar-refractivity contribution is 6.31. The Bertz CT molecular complexity index is 385. The summed E-state index contributed by atoms with van der Waals surface area (Å²) < 4.78 is 0. The first-order valence-electron chi connectivity index (χ1n) is 5.07. The minimum absolute atomic E-state index is 0.0206. The number of hydrogen-bond acceptors (Lipinski definition) is 2. The van der Waals surface area contributed by atoms with Crippen molar-refractivity contribution in [2.75, 3.05) is 0 Å². The molecule has 0 radical (unpaired) electrons. The van der Waals surface area contributed by atoms with Gasteiger partial charge in [-0.05, 0) is 25.5 Å². The van der Waals surface area contributed by atoms with E-state index < -0.39 is 11.5 Å². The molecule has 0 saturated carbocycles. The Morgan fingerprint density at radius 1 is 1.50 bits per heavy atom. The average Bonchev–Trinajstić information content (AvgIpc) is 2.13. The van der Waals surface area contributed by atoms with Gasteiger partial charge in [0.1, 0.15) is 0 Å². The molecule has 1 rings (SSSR count). The van der Waals surface area contributed by atoms with Crippen molar-refractivity contribution in [2.45, 2.75) is 31.7 Å². The lowest BCUT2D eigenvalue weighted by Crippen LogP contribution is -2.40. The summed E-state index contributed by atoms with van der Waals surface area (Å²) in [5.41, 5.74) is 6.18. The van der Waals surface area contributed by atoms with E-state index in [1.54, 1.807) is 6.07 Å². The Hall–Kier alpha value is -1.06. The van der Waals surface area contributed by atoms with Gasteiger partial charge in [-0.1, -0.05) is 29.8 Å². The van der Waals surface area contributed by atoms with Crippen molar-refractivity contribution < 1.29 is 9.90 Å². The monoisotopic (exact) mass is 241 g/mol. The lowest BCUT2D eigenvalue weighted by atomic mass is 9.80. The minimum atomic E-state index is -0.872. The number of aliphatic carboxylic acids is 1. The third-order valence-electron chi connectivity index (χ3n) is 2.56. The molecule has 3 N–H and O–H groups in total. The minimum Gasteiger partial charge on any atom is -0.481 e. The third-order valence-corrected chi connectivity index (χ3v) is 2.90. The van der Waals surface area contributed by atoms with Gasteiger partial charge >= 0.3 is 5.97 Å². The summed E-state index contributed by atoms with van der Waals surface area (Å²) >= 11 is 6.06. The Morgan fingerprint density at radius 2 is 2.06 bits per heavy atom. The molecule has 0 heterocycles. The van der Waals surface area contributed by atoms with Crippen LogP contribution in [-0.2, 0) is 4.79 Å². The molecule has 1 atom stereocenters. The molecule has 0 aromatic heterocycles. The summed E-state index contributed by atoms with van der Waals surface area (Å²) in [7, 11) is 0. The van der Waals surface area contributed by atoms with Crippen molar-refractivity contribution in [3.8, 4) is 0 Å². The van der Waals surface area contributed by atoms with Gasteiger partial charge in [-0.2, -0.15) is 0 Å². The highest BCUT2D eigenvalue weighted by Gasteiger charge is 2.30. The number of carboxylic acid groups (broad SMARTS) is 1. The van der Waals surface area contributed by atoms with Crippen molar-refractivity contribution in [1.29, 1.82) is 0 Å². The highest BCUT2D eigenvalue weighted by Crippen LogP contribution is 2.33. The Kier molecular flexibility index (Phi) is 3.94. The average molecular weight is 242 g/mol.